The monoisotopic (exact) mass is 407 g/mol. The number of aryl methyl sites for hydroxylation is 1. The fourth-order valence-electron chi connectivity index (χ4n) is 4.06. The maximum atomic E-state index is 13.0. The molecule has 0 radical (unpaired) electrons. The first-order valence-corrected chi connectivity index (χ1v) is 10.3. The Morgan fingerprint density at radius 2 is 1.83 bits per heavy atom. The van der Waals surface area contributed by atoms with E-state index >= 15 is 0 Å². The molecule has 1 amide bonds. The highest BCUT2D eigenvalue weighted by Crippen LogP contribution is 2.41. The molecule has 0 spiro atoms. The lowest BCUT2D eigenvalue weighted by molar-refractivity contribution is -0.139. The van der Waals surface area contributed by atoms with Gasteiger partial charge in [-0.25, -0.2) is 0 Å². The van der Waals surface area contributed by atoms with Crippen LogP contribution in [0.5, 0.6) is 5.75 Å². The molecule has 1 N–H and O–H groups in total. The van der Waals surface area contributed by atoms with Gasteiger partial charge >= 0.3 is 0 Å². The molecule has 1 unspecified atom stereocenters. The highest BCUT2D eigenvalue weighted by Gasteiger charge is 2.45. The Bertz CT molecular complexity index is 992. The number of carbonyl (C=O) groups excluding carboxylic acids is 2. The van der Waals surface area contributed by atoms with Gasteiger partial charge in [0, 0.05) is 12.1 Å². The Balaban J connectivity index is 2.25. The van der Waals surface area contributed by atoms with E-state index < -0.39 is 17.7 Å². The van der Waals surface area contributed by atoms with Gasteiger partial charge in [-0.05, 0) is 48.1 Å². The minimum Gasteiger partial charge on any atom is -0.507 e. The van der Waals surface area contributed by atoms with Crippen LogP contribution in [-0.2, 0) is 9.59 Å². The number of methoxy groups -OCH3 is 1. The Morgan fingerprint density at radius 3 is 2.40 bits per heavy atom. The minimum absolute atomic E-state index is 0.136. The molecule has 30 heavy (non-hydrogen) atoms. The quantitative estimate of drug-likeness (QED) is 0.418. The van der Waals surface area contributed by atoms with E-state index in [9.17, 15) is 14.7 Å². The zero-order chi connectivity index (χ0) is 22.0. The minimum atomic E-state index is -0.642. The zero-order valence-electron chi connectivity index (χ0n) is 18.2. The molecule has 2 aromatic rings. The molecule has 0 bridgehead atoms. The second kappa shape index (κ2) is 8.74. The third kappa shape index (κ3) is 3.72. The Labute approximate surface area is 178 Å². The summed E-state index contributed by atoms with van der Waals surface area (Å²) in [6.45, 7) is 8.35. The normalized spacial score (nSPS) is 18.3. The van der Waals surface area contributed by atoms with Crippen molar-refractivity contribution in [3.63, 3.8) is 0 Å². The largest absolute Gasteiger partial charge is 0.507 e. The summed E-state index contributed by atoms with van der Waals surface area (Å²) in [4.78, 5) is 27.4. The van der Waals surface area contributed by atoms with Crippen molar-refractivity contribution in [3.05, 3.63) is 70.3 Å². The number of aliphatic hydroxyl groups excluding tert-OH is 1. The van der Waals surface area contributed by atoms with Crippen molar-refractivity contribution < 1.29 is 19.4 Å². The second-order valence-electron chi connectivity index (χ2n) is 7.97. The van der Waals surface area contributed by atoms with Gasteiger partial charge in [-0.3, -0.25) is 9.59 Å². The highest BCUT2D eigenvalue weighted by molar-refractivity contribution is 6.46. The van der Waals surface area contributed by atoms with Gasteiger partial charge in [-0.2, -0.15) is 0 Å². The van der Waals surface area contributed by atoms with Crippen LogP contribution in [0.2, 0.25) is 0 Å². The van der Waals surface area contributed by atoms with E-state index in [0.717, 1.165) is 28.9 Å². The van der Waals surface area contributed by atoms with Gasteiger partial charge in [0.2, 0.25) is 0 Å². The molecule has 158 valence electrons. The van der Waals surface area contributed by atoms with Gasteiger partial charge in [-0.15, -0.1) is 0 Å². The van der Waals surface area contributed by atoms with Crippen molar-refractivity contribution in [2.45, 2.75) is 46.1 Å². The molecule has 1 aliphatic rings. The summed E-state index contributed by atoms with van der Waals surface area (Å²) in [6, 6.07) is 12.5. The highest BCUT2D eigenvalue weighted by atomic mass is 16.5. The van der Waals surface area contributed by atoms with Crippen LogP contribution in [-0.4, -0.2) is 35.4 Å². The molecule has 1 atom stereocenters. The lowest BCUT2D eigenvalue weighted by Gasteiger charge is -2.25. The van der Waals surface area contributed by atoms with Crippen molar-refractivity contribution in [2.24, 2.45) is 0 Å². The Morgan fingerprint density at radius 1 is 1.17 bits per heavy atom. The molecule has 1 heterocycles. The maximum Gasteiger partial charge on any atom is 0.295 e. The average molecular weight is 408 g/mol. The number of aliphatic hydroxyl groups is 1. The third-order valence-electron chi connectivity index (χ3n) is 5.57. The number of ether oxygens (including phenoxy) is 1. The van der Waals surface area contributed by atoms with E-state index in [4.69, 9.17) is 4.74 Å². The number of hydrogen-bond acceptors (Lipinski definition) is 4. The van der Waals surface area contributed by atoms with Crippen LogP contribution >= 0.6 is 0 Å². The molecule has 0 saturated carbocycles. The van der Waals surface area contributed by atoms with Gasteiger partial charge in [0.25, 0.3) is 11.7 Å². The lowest BCUT2D eigenvalue weighted by atomic mass is 9.91. The topological polar surface area (TPSA) is 66.8 Å². The summed E-state index contributed by atoms with van der Waals surface area (Å²) in [5.41, 5.74) is 3.21. The van der Waals surface area contributed by atoms with Crippen LogP contribution in [0.15, 0.2) is 48.0 Å². The Hall–Kier alpha value is -3.08. The lowest BCUT2D eigenvalue weighted by Crippen LogP contribution is -2.30. The smallest absolute Gasteiger partial charge is 0.295 e. The van der Waals surface area contributed by atoms with Crippen LogP contribution in [0.1, 0.15) is 61.4 Å². The molecule has 5 nitrogen and oxygen atoms in total. The number of likely N-dealkylation sites (tertiary alicyclic amines) is 1. The predicted molar refractivity (Wildman–Crippen MR) is 118 cm³/mol. The van der Waals surface area contributed by atoms with Gasteiger partial charge in [-0.1, -0.05) is 51.1 Å². The zero-order valence-corrected chi connectivity index (χ0v) is 18.2. The number of benzene rings is 2. The summed E-state index contributed by atoms with van der Waals surface area (Å²) in [5, 5.41) is 11.3. The van der Waals surface area contributed by atoms with Crippen LogP contribution in [0.4, 0.5) is 0 Å². The third-order valence-corrected chi connectivity index (χ3v) is 5.57. The predicted octanol–water partition coefficient (Wildman–Crippen LogP) is 4.96. The van der Waals surface area contributed by atoms with Crippen molar-refractivity contribution in [2.75, 3.05) is 13.7 Å². The molecule has 1 saturated heterocycles. The first kappa shape index (κ1) is 21.6. The standard InChI is InChI=1S/C25H29NO4/c1-6-12-26-22(17-10-8-7-9-11-17)21(24(28)25(26)29)23(27)19-14-18(15(2)3)20(30-5)13-16(19)4/h7-11,13-15,22,27H,6,12H2,1-5H3/b23-21+. The summed E-state index contributed by atoms with van der Waals surface area (Å²) < 4.78 is 5.50. The number of ketones is 1. The Kier molecular flexibility index (Phi) is 6.30. The molecule has 0 aromatic heterocycles. The van der Waals surface area contributed by atoms with E-state index in [0.29, 0.717) is 12.1 Å². The maximum absolute atomic E-state index is 13.0. The molecule has 2 aromatic carbocycles. The summed E-state index contributed by atoms with van der Waals surface area (Å²) >= 11 is 0. The number of rotatable bonds is 6. The van der Waals surface area contributed by atoms with Crippen LogP contribution < -0.4 is 4.74 Å². The molecule has 1 fully saturated rings. The van der Waals surface area contributed by atoms with Crippen molar-refractivity contribution in [1.29, 1.82) is 0 Å². The van der Waals surface area contributed by atoms with E-state index in [2.05, 4.69) is 0 Å². The number of Topliss-reactive ketones (excluding diaryl/α,β-unsaturated/α-hetero) is 1. The van der Waals surface area contributed by atoms with Crippen LogP contribution in [0.25, 0.3) is 5.76 Å². The number of hydrogen-bond donors (Lipinski definition) is 1. The van der Waals surface area contributed by atoms with Crippen molar-refractivity contribution in [1.82, 2.24) is 4.90 Å². The summed E-state index contributed by atoms with van der Waals surface area (Å²) in [5.74, 6) is -0.439. The molecule has 0 aliphatic carbocycles. The summed E-state index contributed by atoms with van der Waals surface area (Å²) in [6.07, 6.45) is 0.718. The molecule has 5 heteroatoms. The molecular weight excluding hydrogens is 378 g/mol. The van der Waals surface area contributed by atoms with Gasteiger partial charge in [0.1, 0.15) is 11.5 Å². The fraction of sp³-hybridized carbons (Fsp3) is 0.360. The van der Waals surface area contributed by atoms with E-state index in [1.165, 1.54) is 0 Å². The molecule has 3 rings (SSSR count). The van der Waals surface area contributed by atoms with Crippen molar-refractivity contribution in [3.8, 4) is 5.75 Å². The van der Waals surface area contributed by atoms with Gasteiger partial charge in [0.05, 0.1) is 18.7 Å². The van der Waals surface area contributed by atoms with E-state index in [1.54, 1.807) is 12.0 Å². The van der Waals surface area contributed by atoms with Gasteiger partial charge in [0.15, 0.2) is 0 Å². The number of carbonyl (C=O) groups is 2. The van der Waals surface area contributed by atoms with Crippen LogP contribution in [0.3, 0.4) is 0 Å². The first-order chi connectivity index (χ1) is 14.3. The SMILES string of the molecule is CCCN1C(=O)C(=O)/C(=C(/O)c2cc(C(C)C)c(OC)cc2C)C1c1ccccc1. The summed E-state index contributed by atoms with van der Waals surface area (Å²) in [7, 11) is 1.62. The van der Waals surface area contributed by atoms with Gasteiger partial charge < -0.3 is 14.7 Å². The first-order valence-electron chi connectivity index (χ1n) is 10.3. The fourth-order valence-corrected chi connectivity index (χ4v) is 4.06. The number of amides is 1. The van der Waals surface area contributed by atoms with E-state index in [1.807, 2.05) is 70.2 Å². The van der Waals surface area contributed by atoms with Crippen LogP contribution in [0, 0.1) is 6.92 Å². The van der Waals surface area contributed by atoms with E-state index in [-0.39, 0.29) is 17.3 Å². The molecule has 1 aliphatic heterocycles. The van der Waals surface area contributed by atoms with Crippen molar-refractivity contribution >= 4 is 17.4 Å². The molecular formula is C25H29NO4. The number of nitrogens with zero attached hydrogens (tertiary/aromatic N) is 1. The average Bonchev–Trinajstić information content (AvgIpc) is 2.98. The second-order valence-corrected chi connectivity index (χ2v) is 7.97.